The summed E-state index contributed by atoms with van der Waals surface area (Å²) in [6.45, 7) is 2.45. The minimum absolute atomic E-state index is 0.0550. The first kappa shape index (κ1) is 14.2. The molecule has 0 N–H and O–H groups in total. The Bertz CT molecular complexity index is 619. The third-order valence-electron chi connectivity index (χ3n) is 3.47. The van der Waals surface area contributed by atoms with E-state index >= 15 is 0 Å². The summed E-state index contributed by atoms with van der Waals surface area (Å²) in [5.74, 6) is 2.13. The van der Waals surface area contributed by atoms with Gasteiger partial charge in [-0.15, -0.1) is 10.2 Å². The van der Waals surface area contributed by atoms with E-state index in [0.717, 1.165) is 16.7 Å². The van der Waals surface area contributed by atoms with Crippen LogP contribution in [-0.2, 0) is 11.3 Å². The summed E-state index contributed by atoms with van der Waals surface area (Å²) in [7, 11) is 1.78. The summed E-state index contributed by atoms with van der Waals surface area (Å²) in [5.41, 5.74) is 0. The van der Waals surface area contributed by atoms with Gasteiger partial charge in [0.25, 0.3) is 0 Å². The lowest BCUT2D eigenvalue weighted by molar-refractivity contribution is -0.127. The molecule has 7 heteroatoms. The van der Waals surface area contributed by atoms with Crippen molar-refractivity contribution >= 4 is 17.7 Å². The van der Waals surface area contributed by atoms with E-state index in [2.05, 4.69) is 14.8 Å². The van der Waals surface area contributed by atoms with E-state index < -0.39 is 0 Å². The van der Waals surface area contributed by atoms with Crippen LogP contribution in [0.25, 0.3) is 0 Å². The average molecular weight is 306 g/mol. The maximum Gasteiger partial charge on any atom is 0.233 e. The van der Waals surface area contributed by atoms with Gasteiger partial charge in [-0.2, -0.15) is 0 Å². The summed E-state index contributed by atoms with van der Waals surface area (Å²) >= 11 is 1.45. The highest BCUT2D eigenvalue weighted by Gasteiger charge is 2.28. The van der Waals surface area contributed by atoms with Gasteiger partial charge in [0.2, 0.25) is 5.91 Å². The summed E-state index contributed by atoms with van der Waals surface area (Å²) in [5, 5.41) is 9.13. The minimum atomic E-state index is 0.0550. The molecule has 0 aromatic carbocycles. The van der Waals surface area contributed by atoms with E-state index in [1.165, 1.54) is 24.6 Å². The number of amides is 1. The van der Waals surface area contributed by atoms with Crippen LogP contribution in [0.4, 0.5) is 0 Å². The standard InChI is InChI=1S/C14H18N4O2S/c1-10-15-16-14(18(10)11-5-6-11)21-9-13(19)17(2)8-12-4-3-7-20-12/h3-4,7,11H,5-6,8-9H2,1-2H3. The summed E-state index contributed by atoms with van der Waals surface area (Å²) in [6, 6.07) is 4.21. The van der Waals surface area contributed by atoms with E-state index in [4.69, 9.17) is 4.42 Å². The molecule has 3 rings (SSSR count). The molecular formula is C14H18N4O2S. The van der Waals surface area contributed by atoms with Gasteiger partial charge < -0.3 is 13.9 Å². The van der Waals surface area contributed by atoms with Crippen molar-refractivity contribution in [1.29, 1.82) is 0 Å². The Hall–Kier alpha value is -1.76. The summed E-state index contributed by atoms with van der Waals surface area (Å²) in [6.07, 6.45) is 3.97. The maximum atomic E-state index is 12.2. The lowest BCUT2D eigenvalue weighted by Crippen LogP contribution is -2.27. The normalized spacial score (nSPS) is 14.4. The topological polar surface area (TPSA) is 64.2 Å². The van der Waals surface area contributed by atoms with Crippen molar-refractivity contribution in [2.24, 2.45) is 0 Å². The molecule has 0 bridgehead atoms. The van der Waals surface area contributed by atoms with Gasteiger partial charge in [0.1, 0.15) is 11.6 Å². The van der Waals surface area contributed by atoms with Crippen molar-refractivity contribution < 1.29 is 9.21 Å². The third kappa shape index (κ3) is 3.29. The van der Waals surface area contributed by atoms with Crippen LogP contribution in [0.1, 0.15) is 30.5 Å². The summed E-state index contributed by atoms with van der Waals surface area (Å²) in [4.78, 5) is 13.8. The number of thioether (sulfide) groups is 1. The third-order valence-corrected chi connectivity index (χ3v) is 4.40. The van der Waals surface area contributed by atoms with Crippen LogP contribution in [0.2, 0.25) is 0 Å². The lowest BCUT2D eigenvalue weighted by atomic mass is 10.4. The Morgan fingerprint density at radius 1 is 1.52 bits per heavy atom. The number of carbonyl (C=O) groups excluding carboxylic acids is 1. The van der Waals surface area contributed by atoms with Crippen molar-refractivity contribution in [3.05, 3.63) is 30.0 Å². The zero-order valence-electron chi connectivity index (χ0n) is 12.2. The van der Waals surface area contributed by atoms with Gasteiger partial charge in [-0.05, 0) is 31.9 Å². The first-order chi connectivity index (χ1) is 10.1. The van der Waals surface area contributed by atoms with E-state index in [0.29, 0.717) is 18.3 Å². The van der Waals surface area contributed by atoms with E-state index in [-0.39, 0.29) is 5.91 Å². The molecule has 0 radical (unpaired) electrons. The molecule has 1 fully saturated rings. The number of rotatable bonds is 6. The molecule has 1 amide bonds. The second-order valence-corrected chi connectivity index (χ2v) is 6.19. The van der Waals surface area contributed by atoms with Gasteiger partial charge in [-0.1, -0.05) is 11.8 Å². The van der Waals surface area contributed by atoms with Crippen LogP contribution < -0.4 is 0 Å². The molecule has 2 heterocycles. The fourth-order valence-corrected chi connectivity index (χ4v) is 3.15. The molecule has 21 heavy (non-hydrogen) atoms. The van der Waals surface area contributed by atoms with Gasteiger partial charge in [0.05, 0.1) is 18.6 Å². The number of nitrogens with zero attached hydrogens (tertiary/aromatic N) is 4. The fraction of sp³-hybridized carbons (Fsp3) is 0.500. The first-order valence-electron chi connectivity index (χ1n) is 6.96. The molecular weight excluding hydrogens is 288 g/mol. The quantitative estimate of drug-likeness (QED) is 0.766. The molecule has 2 aromatic heterocycles. The molecule has 2 aromatic rings. The lowest BCUT2D eigenvalue weighted by Gasteiger charge is -2.15. The van der Waals surface area contributed by atoms with Crippen LogP contribution >= 0.6 is 11.8 Å². The fourth-order valence-electron chi connectivity index (χ4n) is 2.16. The number of hydrogen-bond acceptors (Lipinski definition) is 5. The minimum Gasteiger partial charge on any atom is -0.467 e. The highest BCUT2D eigenvalue weighted by molar-refractivity contribution is 7.99. The second kappa shape index (κ2) is 5.93. The first-order valence-corrected chi connectivity index (χ1v) is 7.94. The van der Waals surface area contributed by atoms with Gasteiger partial charge >= 0.3 is 0 Å². The monoisotopic (exact) mass is 306 g/mol. The molecule has 0 spiro atoms. The van der Waals surface area contributed by atoms with E-state index in [1.807, 2.05) is 19.1 Å². The predicted molar refractivity (Wildman–Crippen MR) is 78.9 cm³/mol. The van der Waals surface area contributed by atoms with Crippen LogP contribution in [-0.4, -0.2) is 38.4 Å². The number of carbonyl (C=O) groups is 1. The molecule has 1 aliphatic rings. The smallest absolute Gasteiger partial charge is 0.233 e. The molecule has 0 atom stereocenters. The predicted octanol–water partition coefficient (Wildman–Crippen LogP) is 2.27. The highest BCUT2D eigenvalue weighted by atomic mass is 32.2. The molecule has 0 aliphatic heterocycles. The Labute approximate surface area is 127 Å². The van der Waals surface area contributed by atoms with Gasteiger partial charge in [-0.3, -0.25) is 4.79 Å². The zero-order chi connectivity index (χ0) is 14.8. The number of aryl methyl sites for hydroxylation is 1. The zero-order valence-corrected chi connectivity index (χ0v) is 13.0. The summed E-state index contributed by atoms with van der Waals surface area (Å²) < 4.78 is 7.40. The van der Waals surface area contributed by atoms with Crippen LogP contribution in [0.3, 0.4) is 0 Å². The molecule has 0 saturated heterocycles. The number of hydrogen-bond donors (Lipinski definition) is 0. The number of furan rings is 1. The highest BCUT2D eigenvalue weighted by Crippen LogP contribution is 2.38. The molecule has 1 saturated carbocycles. The van der Waals surface area contributed by atoms with E-state index in [1.54, 1.807) is 18.2 Å². The Kier molecular flexibility index (Phi) is 4.01. The van der Waals surface area contributed by atoms with Crippen molar-refractivity contribution in [3.63, 3.8) is 0 Å². The van der Waals surface area contributed by atoms with Gasteiger partial charge in [0, 0.05) is 13.1 Å². The molecule has 6 nitrogen and oxygen atoms in total. The van der Waals surface area contributed by atoms with Gasteiger partial charge in [0.15, 0.2) is 5.16 Å². The van der Waals surface area contributed by atoms with Gasteiger partial charge in [-0.25, -0.2) is 0 Å². The second-order valence-electron chi connectivity index (χ2n) is 5.25. The van der Waals surface area contributed by atoms with Crippen molar-refractivity contribution in [3.8, 4) is 0 Å². The largest absolute Gasteiger partial charge is 0.467 e. The van der Waals surface area contributed by atoms with Crippen molar-refractivity contribution in [2.45, 2.75) is 37.5 Å². The van der Waals surface area contributed by atoms with Crippen LogP contribution in [0, 0.1) is 6.92 Å². The van der Waals surface area contributed by atoms with Crippen LogP contribution in [0.5, 0.6) is 0 Å². The molecule has 0 unspecified atom stereocenters. The van der Waals surface area contributed by atoms with Crippen molar-refractivity contribution in [2.75, 3.05) is 12.8 Å². The molecule has 1 aliphatic carbocycles. The Balaban J connectivity index is 1.56. The molecule has 112 valence electrons. The Morgan fingerprint density at radius 2 is 2.33 bits per heavy atom. The number of aromatic nitrogens is 3. The van der Waals surface area contributed by atoms with E-state index in [9.17, 15) is 4.79 Å². The van der Waals surface area contributed by atoms with Crippen molar-refractivity contribution in [1.82, 2.24) is 19.7 Å². The maximum absolute atomic E-state index is 12.2. The Morgan fingerprint density at radius 3 is 3.00 bits per heavy atom. The average Bonchev–Trinajstić information content (AvgIpc) is 3.04. The SMILES string of the molecule is Cc1nnc(SCC(=O)N(C)Cc2ccco2)n1C1CC1. The van der Waals surface area contributed by atoms with Crippen LogP contribution in [0.15, 0.2) is 28.0 Å².